The number of fused-ring (bicyclic) bond motifs is 6. The van der Waals surface area contributed by atoms with E-state index in [1.54, 1.807) is 0 Å². The molecule has 0 amide bonds. The van der Waals surface area contributed by atoms with Gasteiger partial charge < -0.3 is 19.6 Å². The van der Waals surface area contributed by atoms with Crippen LogP contribution in [0.1, 0.15) is 45.2 Å². The van der Waals surface area contributed by atoms with Gasteiger partial charge in [-0.15, -0.1) is 0 Å². The van der Waals surface area contributed by atoms with E-state index in [0.29, 0.717) is 0 Å². The van der Waals surface area contributed by atoms with Gasteiger partial charge in [0.05, 0.1) is 45.5 Å². The second kappa shape index (κ2) is 15.4. The molecule has 1 aliphatic carbocycles. The van der Waals surface area contributed by atoms with Gasteiger partial charge in [0.15, 0.2) is 0 Å². The number of para-hydroxylation sites is 8. The molecule has 4 heteroatoms. The average molecular weight is 829 g/mol. The highest BCUT2D eigenvalue weighted by Crippen LogP contribution is 2.54. The average Bonchev–Trinajstić information content (AvgIpc) is 3.33. The predicted octanol–water partition coefficient (Wildman–Crippen LogP) is 16.9. The SMILES string of the molecule is C/C(=C\C=C1\C=CC=CC1)c1c2cc(N3c4ccccc4N(C)c4ccccc43)ccc2c(-c2ccc(C(C)(C)C)cc2)c2cc(N3c4ccccc4N(C)c4ccccc43)ccc12. The van der Waals surface area contributed by atoms with Crippen LogP contribution in [0.5, 0.6) is 0 Å². The van der Waals surface area contributed by atoms with Gasteiger partial charge in [-0.2, -0.15) is 0 Å². The summed E-state index contributed by atoms with van der Waals surface area (Å²) in [6.45, 7) is 9.16. The minimum atomic E-state index is 0.0334. The van der Waals surface area contributed by atoms with E-state index in [4.69, 9.17) is 0 Å². The number of hydrogen-bond donors (Lipinski definition) is 0. The Labute approximate surface area is 377 Å². The lowest BCUT2D eigenvalue weighted by Gasteiger charge is -2.39. The Morgan fingerprint density at radius 3 is 1.44 bits per heavy atom. The Morgan fingerprint density at radius 2 is 0.969 bits per heavy atom. The fourth-order valence-electron chi connectivity index (χ4n) is 10.1. The Balaban J connectivity index is 1.22. The van der Waals surface area contributed by atoms with E-state index in [1.165, 1.54) is 77.7 Å². The monoisotopic (exact) mass is 828 g/mol. The highest BCUT2D eigenvalue weighted by atomic mass is 15.3. The molecule has 312 valence electrons. The van der Waals surface area contributed by atoms with Crippen LogP contribution < -0.4 is 19.6 Å². The number of benzene rings is 8. The second-order valence-corrected chi connectivity index (χ2v) is 18.4. The fourth-order valence-corrected chi connectivity index (χ4v) is 10.1. The maximum absolute atomic E-state index is 2.45. The third-order valence-electron chi connectivity index (χ3n) is 13.4. The molecule has 4 nitrogen and oxygen atoms in total. The first kappa shape index (κ1) is 39.3. The quantitative estimate of drug-likeness (QED) is 0.160. The van der Waals surface area contributed by atoms with Crippen molar-refractivity contribution in [2.24, 2.45) is 0 Å². The van der Waals surface area contributed by atoms with Crippen LogP contribution in [0.15, 0.2) is 200 Å². The van der Waals surface area contributed by atoms with Gasteiger partial charge in [-0.05, 0) is 147 Å². The van der Waals surface area contributed by atoms with E-state index >= 15 is 0 Å². The van der Waals surface area contributed by atoms with Crippen LogP contribution in [0, 0.1) is 0 Å². The van der Waals surface area contributed by atoms with Crippen LogP contribution >= 0.6 is 0 Å². The summed E-state index contributed by atoms with van der Waals surface area (Å²) in [6.07, 6.45) is 14.3. The molecule has 0 spiro atoms. The van der Waals surface area contributed by atoms with Crippen LogP contribution in [0.4, 0.5) is 56.9 Å². The van der Waals surface area contributed by atoms with Crippen LogP contribution in [0.25, 0.3) is 38.2 Å². The molecule has 0 saturated heterocycles. The van der Waals surface area contributed by atoms with Gasteiger partial charge >= 0.3 is 0 Å². The molecule has 11 rings (SSSR count). The van der Waals surface area contributed by atoms with E-state index in [1.807, 2.05) is 0 Å². The summed E-state index contributed by atoms with van der Waals surface area (Å²) in [5.41, 5.74) is 19.2. The van der Waals surface area contributed by atoms with Crippen LogP contribution in [0.2, 0.25) is 0 Å². The summed E-state index contributed by atoms with van der Waals surface area (Å²) < 4.78 is 0. The molecule has 0 aromatic heterocycles. The topological polar surface area (TPSA) is 13.0 Å². The van der Waals surface area contributed by atoms with Gasteiger partial charge in [-0.25, -0.2) is 0 Å². The molecule has 0 fully saturated rings. The third-order valence-corrected chi connectivity index (χ3v) is 13.4. The lowest BCUT2D eigenvalue weighted by Crippen LogP contribution is -2.24. The number of anilines is 10. The first-order chi connectivity index (χ1) is 31.2. The second-order valence-electron chi connectivity index (χ2n) is 18.4. The Hall–Kier alpha value is -7.56. The van der Waals surface area contributed by atoms with Gasteiger partial charge in [0.1, 0.15) is 0 Å². The minimum Gasteiger partial charge on any atom is -0.341 e. The molecule has 2 aliphatic heterocycles. The maximum atomic E-state index is 2.45. The van der Waals surface area contributed by atoms with Gasteiger partial charge in [-0.1, -0.05) is 142 Å². The van der Waals surface area contributed by atoms with Crippen molar-refractivity contribution in [2.45, 2.75) is 39.5 Å². The third kappa shape index (κ3) is 6.43. The van der Waals surface area contributed by atoms with Gasteiger partial charge in [0, 0.05) is 25.5 Å². The Bertz CT molecular complexity index is 3190. The van der Waals surface area contributed by atoms with Crippen molar-refractivity contribution < 1.29 is 0 Å². The molecule has 8 aromatic carbocycles. The maximum Gasteiger partial charge on any atom is 0.0699 e. The summed E-state index contributed by atoms with van der Waals surface area (Å²) in [4.78, 5) is 9.51. The number of nitrogens with zero attached hydrogens (tertiary/aromatic N) is 4. The van der Waals surface area contributed by atoms with Crippen molar-refractivity contribution in [2.75, 3.05) is 33.7 Å². The number of rotatable bonds is 5. The summed E-state index contributed by atoms with van der Waals surface area (Å²) in [5, 5.41) is 4.90. The van der Waals surface area contributed by atoms with Gasteiger partial charge in [-0.3, -0.25) is 0 Å². The molecule has 0 saturated carbocycles. The highest BCUT2D eigenvalue weighted by molar-refractivity contribution is 6.20. The Morgan fingerprint density at radius 1 is 0.500 bits per heavy atom. The van der Waals surface area contributed by atoms with E-state index < -0.39 is 0 Å². The van der Waals surface area contributed by atoms with Gasteiger partial charge in [0.25, 0.3) is 0 Å². The smallest absolute Gasteiger partial charge is 0.0699 e. The Kier molecular flexibility index (Phi) is 9.43. The molecule has 0 atom stereocenters. The molecular formula is C60H52N4. The molecule has 0 unspecified atom stereocenters. The highest BCUT2D eigenvalue weighted by Gasteiger charge is 2.30. The van der Waals surface area contributed by atoms with E-state index in [2.05, 4.69) is 256 Å². The number of hydrogen-bond acceptors (Lipinski definition) is 4. The van der Waals surface area contributed by atoms with E-state index in [0.717, 1.165) is 40.5 Å². The van der Waals surface area contributed by atoms with Crippen molar-refractivity contribution in [3.8, 4) is 11.1 Å². The molecule has 0 radical (unpaired) electrons. The van der Waals surface area contributed by atoms with Crippen LogP contribution in [-0.2, 0) is 5.41 Å². The van der Waals surface area contributed by atoms with Crippen molar-refractivity contribution in [3.05, 3.63) is 211 Å². The summed E-state index contributed by atoms with van der Waals surface area (Å²) in [6, 6.07) is 58.7. The normalized spacial score (nSPS) is 15.2. The largest absolute Gasteiger partial charge is 0.341 e. The molecule has 0 bridgehead atoms. The van der Waals surface area contributed by atoms with Crippen molar-refractivity contribution >= 4 is 84.0 Å². The van der Waals surface area contributed by atoms with E-state index in [9.17, 15) is 0 Å². The zero-order valence-corrected chi connectivity index (χ0v) is 37.5. The van der Waals surface area contributed by atoms with Crippen molar-refractivity contribution in [1.82, 2.24) is 0 Å². The first-order valence-corrected chi connectivity index (χ1v) is 22.4. The summed E-state index contributed by atoms with van der Waals surface area (Å²) in [5.74, 6) is 0. The lowest BCUT2D eigenvalue weighted by molar-refractivity contribution is 0.590. The molecule has 64 heavy (non-hydrogen) atoms. The van der Waals surface area contributed by atoms with Crippen LogP contribution in [-0.4, -0.2) is 14.1 Å². The molecule has 8 aromatic rings. The van der Waals surface area contributed by atoms with Crippen molar-refractivity contribution in [1.29, 1.82) is 0 Å². The van der Waals surface area contributed by atoms with Gasteiger partial charge in [0.2, 0.25) is 0 Å². The van der Waals surface area contributed by atoms with Crippen molar-refractivity contribution in [3.63, 3.8) is 0 Å². The molecule has 0 N–H and O–H groups in total. The summed E-state index contributed by atoms with van der Waals surface area (Å²) >= 11 is 0. The fraction of sp³-hybridized carbons (Fsp3) is 0.133. The summed E-state index contributed by atoms with van der Waals surface area (Å²) in [7, 11) is 4.34. The molecule has 3 aliphatic rings. The molecular weight excluding hydrogens is 777 g/mol. The molecule has 2 heterocycles. The van der Waals surface area contributed by atoms with E-state index in [-0.39, 0.29) is 5.41 Å². The zero-order chi connectivity index (χ0) is 43.7. The number of allylic oxidation sites excluding steroid dienone is 8. The lowest BCUT2D eigenvalue weighted by atomic mass is 9.83. The standard InChI is InChI=1S/C60H52N4/c1-40(28-29-41-18-8-7-9-19-41)58-46-36-34-45(64-56-26-16-12-22-52(56)62(6)53-23-13-17-27-57(53)64)39-49(46)59(42-30-32-43(33-31-42)60(2,3)4)47-37-35-44(38-48(47)58)63-54-24-14-10-20-50(54)61(5)51-21-11-15-25-55(51)63/h7-18,20-39H,19H2,1-6H3/b40-28+,41-29-. The predicted molar refractivity (Wildman–Crippen MR) is 276 cm³/mol. The first-order valence-electron chi connectivity index (χ1n) is 22.4. The zero-order valence-electron chi connectivity index (χ0n) is 37.5. The van der Waals surface area contributed by atoms with Crippen LogP contribution in [0.3, 0.4) is 0 Å². The minimum absolute atomic E-state index is 0.0334.